The molecule has 2 aromatic rings. The maximum Gasteiger partial charge on any atom is 0.262 e. The van der Waals surface area contributed by atoms with Crippen molar-refractivity contribution in [1.82, 2.24) is 19.8 Å². The summed E-state index contributed by atoms with van der Waals surface area (Å²) in [5.74, 6) is -0.0261. The van der Waals surface area contributed by atoms with Gasteiger partial charge in [-0.05, 0) is 26.3 Å². The molecule has 1 fully saturated rings. The van der Waals surface area contributed by atoms with Gasteiger partial charge in [-0.25, -0.2) is 4.98 Å². The molecule has 7 heteroatoms. The van der Waals surface area contributed by atoms with Crippen LogP contribution < -0.4 is 10.9 Å². The summed E-state index contributed by atoms with van der Waals surface area (Å²) in [5, 5.41) is 3.90. The second-order valence-electron chi connectivity index (χ2n) is 5.78. The molecule has 0 radical (unpaired) electrons. The maximum absolute atomic E-state index is 12.6. The lowest BCUT2D eigenvalue weighted by atomic mass is 10.2. The summed E-state index contributed by atoms with van der Waals surface area (Å²) in [6.07, 6.45) is 1.49. The van der Waals surface area contributed by atoms with E-state index >= 15 is 0 Å². The molecule has 3 heterocycles. The number of amides is 1. The Labute approximate surface area is 132 Å². The van der Waals surface area contributed by atoms with Crippen LogP contribution in [0.1, 0.15) is 17.4 Å². The van der Waals surface area contributed by atoms with Crippen molar-refractivity contribution >= 4 is 27.5 Å². The van der Waals surface area contributed by atoms with E-state index in [9.17, 15) is 9.59 Å². The predicted octanol–water partition coefficient (Wildman–Crippen LogP) is 0.895. The smallest absolute Gasteiger partial charge is 0.262 e. The number of aryl methyl sites for hydroxylation is 2. The number of rotatable bonds is 2. The van der Waals surface area contributed by atoms with Crippen molar-refractivity contribution in [2.45, 2.75) is 33.4 Å². The molecule has 3 rings (SSSR count). The van der Waals surface area contributed by atoms with Gasteiger partial charge in [-0.2, -0.15) is 0 Å². The Morgan fingerprint density at radius 1 is 1.50 bits per heavy atom. The summed E-state index contributed by atoms with van der Waals surface area (Å²) in [7, 11) is 0. The van der Waals surface area contributed by atoms with Gasteiger partial charge in [0.05, 0.1) is 11.7 Å². The lowest BCUT2D eigenvalue weighted by molar-refractivity contribution is -0.134. The van der Waals surface area contributed by atoms with Crippen LogP contribution in [0, 0.1) is 13.8 Å². The first-order valence-corrected chi connectivity index (χ1v) is 8.26. The SMILES string of the molecule is Cc1sc2ncn(CC(=O)N3CCNC[C@@H]3C)c(=O)c2c1C. The number of nitrogens with one attached hydrogen (secondary N) is 1. The summed E-state index contributed by atoms with van der Waals surface area (Å²) >= 11 is 1.52. The molecule has 0 aliphatic carbocycles. The standard InChI is InChI=1S/C15H20N4O2S/c1-9-6-16-4-5-19(9)12(20)7-18-8-17-14-13(15(18)21)10(2)11(3)22-14/h8-9,16H,4-7H2,1-3H3/t9-/m0/s1. The third kappa shape index (κ3) is 2.55. The van der Waals surface area contributed by atoms with Crippen molar-refractivity contribution in [3.05, 3.63) is 27.1 Å². The molecule has 2 aromatic heterocycles. The monoisotopic (exact) mass is 320 g/mol. The molecule has 1 aliphatic heterocycles. The Morgan fingerprint density at radius 2 is 2.27 bits per heavy atom. The van der Waals surface area contributed by atoms with Crippen molar-refractivity contribution in [1.29, 1.82) is 0 Å². The molecule has 1 atom stereocenters. The van der Waals surface area contributed by atoms with Gasteiger partial charge in [0.1, 0.15) is 11.4 Å². The van der Waals surface area contributed by atoms with Gasteiger partial charge in [0.2, 0.25) is 5.91 Å². The Balaban J connectivity index is 1.91. The zero-order chi connectivity index (χ0) is 15.9. The van der Waals surface area contributed by atoms with Gasteiger partial charge in [-0.3, -0.25) is 14.2 Å². The Morgan fingerprint density at radius 3 is 3.00 bits per heavy atom. The molecular formula is C15H20N4O2S. The molecule has 0 spiro atoms. The molecule has 1 saturated heterocycles. The van der Waals surface area contributed by atoms with E-state index in [1.807, 2.05) is 25.7 Å². The Kier molecular flexibility index (Phi) is 4.01. The van der Waals surface area contributed by atoms with Crippen molar-refractivity contribution in [3.8, 4) is 0 Å². The van der Waals surface area contributed by atoms with E-state index in [2.05, 4.69) is 10.3 Å². The van der Waals surface area contributed by atoms with Gasteiger partial charge in [-0.15, -0.1) is 11.3 Å². The number of carbonyl (C=O) groups is 1. The molecule has 0 unspecified atom stereocenters. The van der Waals surface area contributed by atoms with Crippen LogP contribution in [0.15, 0.2) is 11.1 Å². The Bertz CT molecular complexity index is 780. The number of hydrogen-bond donors (Lipinski definition) is 1. The third-order valence-electron chi connectivity index (χ3n) is 4.28. The zero-order valence-electron chi connectivity index (χ0n) is 13.0. The summed E-state index contributed by atoms with van der Waals surface area (Å²) < 4.78 is 1.43. The highest BCUT2D eigenvalue weighted by Crippen LogP contribution is 2.25. The van der Waals surface area contributed by atoms with Crippen LogP contribution >= 0.6 is 11.3 Å². The van der Waals surface area contributed by atoms with Gasteiger partial charge >= 0.3 is 0 Å². The maximum atomic E-state index is 12.6. The van der Waals surface area contributed by atoms with Crippen LogP contribution in [0.25, 0.3) is 10.2 Å². The normalized spacial score (nSPS) is 18.9. The number of aromatic nitrogens is 2. The first-order valence-electron chi connectivity index (χ1n) is 7.44. The van der Waals surface area contributed by atoms with Gasteiger partial charge in [0.15, 0.2) is 0 Å². The summed E-state index contributed by atoms with van der Waals surface area (Å²) in [6, 6.07) is 0.152. The molecule has 0 saturated carbocycles. The summed E-state index contributed by atoms with van der Waals surface area (Å²) in [6.45, 7) is 8.26. The molecule has 22 heavy (non-hydrogen) atoms. The average molecular weight is 320 g/mol. The summed E-state index contributed by atoms with van der Waals surface area (Å²) in [4.78, 5) is 33.1. The first-order chi connectivity index (χ1) is 10.5. The summed E-state index contributed by atoms with van der Waals surface area (Å²) in [5.41, 5.74) is 0.845. The van der Waals surface area contributed by atoms with Crippen LogP contribution in [-0.2, 0) is 11.3 Å². The molecule has 6 nitrogen and oxygen atoms in total. The van der Waals surface area contributed by atoms with Crippen LogP contribution in [0.3, 0.4) is 0 Å². The fourth-order valence-electron chi connectivity index (χ4n) is 2.83. The molecule has 1 N–H and O–H groups in total. The van der Waals surface area contributed by atoms with Crippen LogP contribution in [0.2, 0.25) is 0 Å². The molecule has 1 aliphatic rings. The van der Waals surface area contributed by atoms with Gasteiger partial charge in [0, 0.05) is 30.6 Å². The van der Waals surface area contributed by atoms with Gasteiger partial charge in [0.25, 0.3) is 5.56 Å². The minimum absolute atomic E-state index is 0.0261. The fraction of sp³-hybridized carbons (Fsp3) is 0.533. The van der Waals surface area contributed by atoms with E-state index in [1.54, 1.807) is 0 Å². The van der Waals surface area contributed by atoms with Crippen molar-refractivity contribution in [2.24, 2.45) is 0 Å². The van der Waals surface area contributed by atoms with E-state index in [1.165, 1.54) is 22.2 Å². The van der Waals surface area contributed by atoms with E-state index < -0.39 is 0 Å². The second kappa shape index (κ2) is 5.81. The average Bonchev–Trinajstić information content (AvgIpc) is 2.78. The van der Waals surface area contributed by atoms with E-state index in [0.29, 0.717) is 11.9 Å². The van der Waals surface area contributed by atoms with Crippen LogP contribution in [0.5, 0.6) is 0 Å². The predicted molar refractivity (Wildman–Crippen MR) is 87.4 cm³/mol. The third-order valence-corrected chi connectivity index (χ3v) is 5.40. The molecule has 0 aromatic carbocycles. The van der Waals surface area contributed by atoms with E-state index in [4.69, 9.17) is 0 Å². The highest BCUT2D eigenvalue weighted by atomic mass is 32.1. The number of carbonyl (C=O) groups excluding carboxylic acids is 1. The first kappa shape index (κ1) is 15.2. The number of piperazine rings is 1. The topological polar surface area (TPSA) is 67.2 Å². The van der Waals surface area contributed by atoms with Crippen molar-refractivity contribution < 1.29 is 4.79 Å². The number of thiophene rings is 1. The van der Waals surface area contributed by atoms with E-state index in [-0.39, 0.29) is 24.1 Å². The number of fused-ring (bicyclic) bond motifs is 1. The lowest BCUT2D eigenvalue weighted by Crippen LogP contribution is -2.53. The minimum atomic E-state index is -0.122. The molecule has 0 bridgehead atoms. The largest absolute Gasteiger partial charge is 0.336 e. The van der Waals surface area contributed by atoms with Gasteiger partial charge in [-0.1, -0.05) is 0 Å². The zero-order valence-corrected chi connectivity index (χ0v) is 13.9. The molecule has 1 amide bonds. The van der Waals surface area contributed by atoms with Gasteiger partial charge < -0.3 is 10.2 Å². The minimum Gasteiger partial charge on any atom is -0.336 e. The van der Waals surface area contributed by atoms with Crippen LogP contribution in [0.4, 0.5) is 0 Å². The lowest BCUT2D eigenvalue weighted by Gasteiger charge is -2.34. The fourth-order valence-corrected chi connectivity index (χ4v) is 3.82. The Hall–Kier alpha value is -1.73. The van der Waals surface area contributed by atoms with E-state index in [0.717, 1.165) is 28.4 Å². The number of nitrogens with zero attached hydrogens (tertiary/aromatic N) is 3. The number of hydrogen-bond acceptors (Lipinski definition) is 5. The second-order valence-corrected chi connectivity index (χ2v) is 6.98. The highest BCUT2D eigenvalue weighted by molar-refractivity contribution is 7.18. The van der Waals surface area contributed by atoms with Crippen LogP contribution in [-0.4, -0.2) is 46.0 Å². The molecular weight excluding hydrogens is 300 g/mol. The highest BCUT2D eigenvalue weighted by Gasteiger charge is 2.23. The van der Waals surface area contributed by atoms with Crippen molar-refractivity contribution in [2.75, 3.05) is 19.6 Å². The van der Waals surface area contributed by atoms with Crippen molar-refractivity contribution in [3.63, 3.8) is 0 Å². The quantitative estimate of drug-likeness (QED) is 0.892. The molecule has 118 valence electrons.